The van der Waals surface area contributed by atoms with E-state index in [0.717, 1.165) is 23.8 Å². The molecule has 0 saturated carbocycles. The van der Waals surface area contributed by atoms with E-state index in [1.165, 1.54) is 0 Å². The Kier molecular flexibility index (Phi) is 6.19. The van der Waals surface area contributed by atoms with Crippen molar-refractivity contribution < 1.29 is 18.4 Å². The normalized spacial score (nSPS) is 10.4. The summed E-state index contributed by atoms with van der Waals surface area (Å²) in [6, 6.07) is 18.9. The number of halogens is 2. The van der Waals surface area contributed by atoms with Crippen molar-refractivity contribution in [2.45, 2.75) is 6.54 Å². The van der Waals surface area contributed by atoms with Gasteiger partial charge >= 0.3 is 0 Å². The summed E-state index contributed by atoms with van der Waals surface area (Å²) in [5.74, 6) is -2.80. The third kappa shape index (κ3) is 5.38. The summed E-state index contributed by atoms with van der Waals surface area (Å²) in [4.78, 5) is 25.6. The highest BCUT2D eigenvalue weighted by molar-refractivity contribution is 6.04. The molecular weight excluding hydrogens is 376 g/mol. The van der Waals surface area contributed by atoms with Gasteiger partial charge in [-0.15, -0.1) is 0 Å². The maximum Gasteiger partial charge on any atom is 0.258 e. The van der Waals surface area contributed by atoms with E-state index < -0.39 is 29.0 Å². The number of anilines is 2. The van der Waals surface area contributed by atoms with Crippen molar-refractivity contribution in [2.24, 2.45) is 5.73 Å². The Bertz CT molecular complexity index is 1030. The van der Waals surface area contributed by atoms with Gasteiger partial charge in [0.2, 0.25) is 5.91 Å². The molecule has 3 aromatic rings. The Hall–Kier alpha value is -3.74. The molecule has 0 atom stereocenters. The van der Waals surface area contributed by atoms with E-state index in [1.54, 1.807) is 29.2 Å². The fraction of sp³-hybridized carbons (Fsp3) is 0.0909. The van der Waals surface area contributed by atoms with E-state index >= 15 is 0 Å². The SMILES string of the molecule is NC(=O)CN(Cc1ccccc1)c1cccc(NC(=O)c2cc(F)ccc2F)c1. The lowest BCUT2D eigenvalue weighted by Gasteiger charge is -2.24. The maximum atomic E-state index is 13.8. The summed E-state index contributed by atoms with van der Waals surface area (Å²) < 4.78 is 27.2. The molecule has 3 N–H and O–H groups in total. The van der Waals surface area contributed by atoms with E-state index in [2.05, 4.69) is 5.32 Å². The van der Waals surface area contributed by atoms with Crippen LogP contribution in [0.3, 0.4) is 0 Å². The molecule has 2 amide bonds. The first-order valence-electron chi connectivity index (χ1n) is 8.86. The monoisotopic (exact) mass is 395 g/mol. The maximum absolute atomic E-state index is 13.8. The molecule has 0 unspecified atom stereocenters. The second-order valence-corrected chi connectivity index (χ2v) is 6.44. The Labute approximate surface area is 166 Å². The molecule has 3 rings (SSSR count). The highest BCUT2D eigenvalue weighted by atomic mass is 19.1. The second kappa shape index (κ2) is 8.97. The number of amides is 2. The summed E-state index contributed by atoms with van der Waals surface area (Å²) >= 11 is 0. The van der Waals surface area contributed by atoms with Gasteiger partial charge in [-0.1, -0.05) is 36.4 Å². The molecular formula is C22H19F2N3O2. The summed E-state index contributed by atoms with van der Waals surface area (Å²) in [5.41, 5.74) is 6.98. The first kappa shape index (κ1) is 20.0. The quantitative estimate of drug-likeness (QED) is 0.640. The minimum Gasteiger partial charge on any atom is -0.368 e. The van der Waals surface area contributed by atoms with Gasteiger partial charge in [0.15, 0.2) is 0 Å². The van der Waals surface area contributed by atoms with Crippen molar-refractivity contribution in [1.82, 2.24) is 0 Å². The van der Waals surface area contributed by atoms with Gasteiger partial charge in [0.25, 0.3) is 5.91 Å². The van der Waals surface area contributed by atoms with Crippen LogP contribution in [0.2, 0.25) is 0 Å². The highest BCUT2D eigenvalue weighted by Gasteiger charge is 2.15. The number of hydrogen-bond donors (Lipinski definition) is 2. The van der Waals surface area contributed by atoms with Crippen molar-refractivity contribution in [3.05, 3.63) is 95.6 Å². The zero-order valence-corrected chi connectivity index (χ0v) is 15.4. The summed E-state index contributed by atoms with van der Waals surface area (Å²) in [6.07, 6.45) is 0. The number of carbonyl (C=O) groups is 2. The van der Waals surface area contributed by atoms with Crippen LogP contribution in [-0.2, 0) is 11.3 Å². The van der Waals surface area contributed by atoms with E-state index in [1.807, 2.05) is 30.3 Å². The molecule has 0 aliphatic heterocycles. The van der Waals surface area contributed by atoms with Crippen molar-refractivity contribution >= 4 is 23.2 Å². The fourth-order valence-electron chi connectivity index (χ4n) is 2.88. The number of nitrogens with one attached hydrogen (secondary N) is 1. The predicted octanol–water partition coefficient (Wildman–Crippen LogP) is 3.71. The van der Waals surface area contributed by atoms with Crippen molar-refractivity contribution in [3.8, 4) is 0 Å². The molecule has 0 bridgehead atoms. The Morgan fingerprint density at radius 3 is 2.41 bits per heavy atom. The van der Waals surface area contributed by atoms with Gasteiger partial charge in [0, 0.05) is 17.9 Å². The average molecular weight is 395 g/mol. The molecule has 0 radical (unpaired) electrons. The summed E-state index contributed by atoms with van der Waals surface area (Å²) in [7, 11) is 0. The zero-order valence-electron chi connectivity index (χ0n) is 15.4. The lowest BCUT2D eigenvalue weighted by Crippen LogP contribution is -2.33. The number of nitrogens with two attached hydrogens (primary N) is 1. The fourth-order valence-corrected chi connectivity index (χ4v) is 2.88. The summed E-state index contributed by atoms with van der Waals surface area (Å²) in [5, 5.41) is 2.55. The van der Waals surface area contributed by atoms with Crippen LogP contribution in [0.25, 0.3) is 0 Å². The molecule has 0 aliphatic rings. The van der Waals surface area contributed by atoms with Crippen molar-refractivity contribution in [3.63, 3.8) is 0 Å². The third-order valence-electron chi connectivity index (χ3n) is 4.21. The third-order valence-corrected chi connectivity index (χ3v) is 4.21. The molecule has 0 aromatic heterocycles. The molecule has 0 spiro atoms. The van der Waals surface area contributed by atoms with Crippen LogP contribution < -0.4 is 16.0 Å². The standard InChI is InChI=1S/C22H19F2N3O2/c23-16-9-10-20(24)19(11-16)22(29)26-17-7-4-8-18(12-17)27(14-21(25)28)13-15-5-2-1-3-6-15/h1-12H,13-14H2,(H2,25,28)(H,26,29). The topological polar surface area (TPSA) is 75.4 Å². The number of benzene rings is 3. The number of rotatable bonds is 7. The lowest BCUT2D eigenvalue weighted by molar-refractivity contribution is -0.116. The minimum absolute atomic E-state index is 0.0230. The van der Waals surface area contributed by atoms with Gasteiger partial charge in [-0.25, -0.2) is 8.78 Å². The van der Waals surface area contributed by atoms with Crippen LogP contribution in [0.1, 0.15) is 15.9 Å². The van der Waals surface area contributed by atoms with Crippen LogP contribution in [0, 0.1) is 11.6 Å². The predicted molar refractivity (Wildman–Crippen MR) is 107 cm³/mol. The molecule has 3 aromatic carbocycles. The Balaban J connectivity index is 1.83. The minimum atomic E-state index is -0.820. The van der Waals surface area contributed by atoms with Gasteiger partial charge in [0.1, 0.15) is 11.6 Å². The number of primary amides is 1. The lowest BCUT2D eigenvalue weighted by atomic mass is 10.1. The molecule has 0 aliphatic carbocycles. The molecule has 5 nitrogen and oxygen atoms in total. The van der Waals surface area contributed by atoms with E-state index in [4.69, 9.17) is 5.73 Å². The number of nitrogens with zero attached hydrogens (tertiary/aromatic N) is 1. The van der Waals surface area contributed by atoms with Crippen molar-refractivity contribution in [1.29, 1.82) is 0 Å². The second-order valence-electron chi connectivity index (χ2n) is 6.44. The van der Waals surface area contributed by atoms with E-state index in [-0.39, 0.29) is 6.54 Å². The molecule has 0 heterocycles. The molecule has 7 heteroatoms. The smallest absolute Gasteiger partial charge is 0.258 e. The Morgan fingerprint density at radius 2 is 1.69 bits per heavy atom. The van der Waals surface area contributed by atoms with Gasteiger partial charge in [0.05, 0.1) is 12.1 Å². The van der Waals surface area contributed by atoms with Crippen LogP contribution in [0.5, 0.6) is 0 Å². The largest absolute Gasteiger partial charge is 0.368 e. The van der Waals surface area contributed by atoms with Crippen LogP contribution in [-0.4, -0.2) is 18.4 Å². The van der Waals surface area contributed by atoms with Crippen LogP contribution in [0.4, 0.5) is 20.2 Å². The van der Waals surface area contributed by atoms with Crippen molar-refractivity contribution in [2.75, 3.05) is 16.8 Å². The Morgan fingerprint density at radius 1 is 0.931 bits per heavy atom. The zero-order chi connectivity index (χ0) is 20.8. The first-order chi connectivity index (χ1) is 13.9. The molecule has 0 fully saturated rings. The van der Waals surface area contributed by atoms with Gasteiger partial charge in [-0.3, -0.25) is 9.59 Å². The van der Waals surface area contributed by atoms with Gasteiger partial charge in [-0.2, -0.15) is 0 Å². The van der Waals surface area contributed by atoms with E-state index in [0.29, 0.717) is 17.9 Å². The van der Waals surface area contributed by atoms with Gasteiger partial charge < -0.3 is 16.0 Å². The highest BCUT2D eigenvalue weighted by Crippen LogP contribution is 2.22. The first-order valence-corrected chi connectivity index (χ1v) is 8.86. The average Bonchev–Trinajstić information content (AvgIpc) is 2.70. The van der Waals surface area contributed by atoms with Gasteiger partial charge in [-0.05, 0) is 42.0 Å². The molecule has 0 saturated heterocycles. The van der Waals surface area contributed by atoms with Crippen LogP contribution >= 0.6 is 0 Å². The number of carbonyl (C=O) groups excluding carboxylic acids is 2. The summed E-state index contributed by atoms with van der Waals surface area (Å²) in [6.45, 7) is 0.407. The molecule has 29 heavy (non-hydrogen) atoms. The number of hydrogen-bond acceptors (Lipinski definition) is 3. The van der Waals surface area contributed by atoms with Crippen LogP contribution in [0.15, 0.2) is 72.8 Å². The van der Waals surface area contributed by atoms with E-state index in [9.17, 15) is 18.4 Å². The molecule has 148 valence electrons.